The van der Waals surface area contributed by atoms with E-state index in [0.717, 1.165) is 0 Å². The van der Waals surface area contributed by atoms with Crippen LogP contribution in [0.15, 0.2) is 24.4 Å². The van der Waals surface area contributed by atoms with E-state index in [-0.39, 0.29) is 13.1 Å². The van der Waals surface area contributed by atoms with Crippen LogP contribution in [0.5, 0.6) is 0 Å². The summed E-state index contributed by atoms with van der Waals surface area (Å²) in [4.78, 5) is 28.4. The smallest absolute Gasteiger partial charge is 0.493 e. The quantitative estimate of drug-likeness (QED) is 0.569. The van der Waals surface area contributed by atoms with Gasteiger partial charge in [-0.05, 0) is 19.2 Å². The molecule has 0 radical (unpaired) electrons. The lowest BCUT2D eigenvalue weighted by molar-refractivity contribution is -0.145. The third-order valence-electron chi connectivity index (χ3n) is 2.20. The van der Waals surface area contributed by atoms with Crippen molar-refractivity contribution < 1.29 is 18.9 Å². The van der Waals surface area contributed by atoms with Crippen LogP contribution in [0.4, 0.5) is 0 Å². The van der Waals surface area contributed by atoms with Crippen LogP contribution in [0, 0.1) is 0 Å². The SMILES string of the molecule is CN1CC(=O)OB(c2ccccn2)OC(=O)C1. The van der Waals surface area contributed by atoms with Crippen molar-refractivity contribution in [3.8, 4) is 0 Å². The number of hydrogen-bond acceptors (Lipinski definition) is 6. The van der Waals surface area contributed by atoms with Gasteiger partial charge in [-0.1, -0.05) is 6.07 Å². The minimum absolute atomic E-state index is 0.0540. The van der Waals surface area contributed by atoms with Crippen LogP contribution in [-0.2, 0) is 18.9 Å². The lowest BCUT2D eigenvalue weighted by Crippen LogP contribution is -2.48. The Bertz CT molecular complexity index is 406. The summed E-state index contributed by atoms with van der Waals surface area (Å²) in [7, 11) is 0.591. The molecule has 0 atom stereocenters. The number of carbonyl (C=O) groups excluding carboxylic acids is 2. The molecule has 1 aromatic rings. The predicted molar refractivity (Wildman–Crippen MR) is 59.3 cm³/mol. The Hall–Kier alpha value is -1.89. The van der Waals surface area contributed by atoms with Crippen molar-refractivity contribution in [2.75, 3.05) is 20.1 Å². The molecule has 7 heteroatoms. The fraction of sp³-hybridized carbons (Fsp3) is 0.300. The molecule has 1 saturated heterocycles. The summed E-state index contributed by atoms with van der Waals surface area (Å²) in [5, 5.41) is 0. The molecule has 2 heterocycles. The van der Waals surface area contributed by atoms with Gasteiger partial charge in [-0.2, -0.15) is 0 Å². The molecule has 17 heavy (non-hydrogen) atoms. The molecule has 1 aliphatic heterocycles. The van der Waals surface area contributed by atoms with Crippen LogP contribution in [0.3, 0.4) is 0 Å². The van der Waals surface area contributed by atoms with Gasteiger partial charge in [-0.3, -0.25) is 19.5 Å². The summed E-state index contributed by atoms with van der Waals surface area (Å²) < 4.78 is 10.1. The van der Waals surface area contributed by atoms with Crippen molar-refractivity contribution in [1.82, 2.24) is 9.88 Å². The van der Waals surface area contributed by atoms with Crippen molar-refractivity contribution in [1.29, 1.82) is 0 Å². The van der Waals surface area contributed by atoms with E-state index in [9.17, 15) is 9.59 Å². The molecule has 1 aliphatic rings. The lowest BCUT2D eigenvalue weighted by atomic mass is 9.83. The molecule has 0 saturated carbocycles. The van der Waals surface area contributed by atoms with Crippen LogP contribution < -0.4 is 5.59 Å². The number of nitrogens with zero attached hydrogens (tertiary/aromatic N) is 2. The molecular formula is C10H11BN2O4. The zero-order valence-corrected chi connectivity index (χ0v) is 9.33. The monoisotopic (exact) mass is 234 g/mol. The van der Waals surface area contributed by atoms with Crippen LogP contribution in [0.25, 0.3) is 0 Å². The van der Waals surface area contributed by atoms with Crippen molar-refractivity contribution in [3.05, 3.63) is 24.4 Å². The van der Waals surface area contributed by atoms with E-state index in [1.54, 1.807) is 31.4 Å². The number of rotatable bonds is 1. The molecule has 0 unspecified atom stereocenters. The zero-order chi connectivity index (χ0) is 12.3. The minimum atomic E-state index is -1.05. The first-order valence-corrected chi connectivity index (χ1v) is 5.13. The molecule has 0 aliphatic carbocycles. The number of pyridine rings is 1. The number of carbonyl (C=O) groups is 2. The fourth-order valence-electron chi connectivity index (χ4n) is 1.47. The van der Waals surface area contributed by atoms with Gasteiger partial charge < -0.3 is 9.31 Å². The highest BCUT2D eigenvalue weighted by atomic mass is 16.6. The summed E-state index contributed by atoms with van der Waals surface area (Å²) in [5.41, 5.74) is 0.402. The van der Waals surface area contributed by atoms with Crippen LogP contribution in [0.1, 0.15) is 0 Å². The first kappa shape index (κ1) is 11.6. The fourth-order valence-corrected chi connectivity index (χ4v) is 1.47. The molecule has 6 nitrogen and oxygen atoms in total. The Kier molecular flexibility index (Phi) is 3.39. The second-order valence-corrected chi connectivity index (χ2v) is 3.74. The van der Waals surface area contributed by atoms with Gasteiger partial charge >= 0.3 is 19.1 Å². The van der Waals surface area contributed by atoms with E-state index in [4.69, 9.17) is 9.31 Å². The summed E-state index contributed by atoms with van der Waals surface area (Å²) in [6.45, 7) is 0.108. The Balaban J connectivity index is 2.17. The van der Waals surface area contributed by atoms with Gasteiger partial charge in [0.25, 0.3) is 0 Å². The maximum Gasteiger partial charge on any atom is 0.656 e. The second-order valence-electron chi connectivity index (χ2n) is 3.74. The zero-order valence-electron chi connectivity index (χ0n) is 9.33. The third kappa shape index (κ3) is 3.04. The van der Waals surface area contributed by atoms with Crippen LogP contribution >= 0.6 is 0 Å². The van der Waals surface area contributed by atoms with Gasteiger partial charge in [0.2, 0.25) is 0 Å². The molecule has 0 N–H and O–H groups in total. The van der Waals surface area contributed by atoms with Gasteiger partial charge in [0.05, 0.1) is 13.1 Å². The standard InChI is InChI=1S/C10H11BN2O4/c1-13-6-9(14)16-11(17-10(15)7-13)8-4-2-3-5-12-8/h2-5H,6-7H2,1H3. The van der Waals surface area contributed by atoms with Gasteiger partial charge in [0.15, 0.2) is 0 Å². The molecule has 1 aromatic heterocycles. The van der Waals surface area contributed by atoms with E-state index in [1.165, 1.54) is 4.90 Å². The average Bonchev–Trinajstić information content (AvgIpc) is 2.27. The Labute approximate surface area is 98.7 Å². The van der Waals surface area contributed by atoms with Gasteiger partial charge in [0, 0.05) is 6.20 Å². The largest absolute Gasteiger partial charge is 0.656 e. The maximum atomic E-state index is 11.5. The highest BCUT2D eigenvalue weighted by Gasteiger charge is 2.34. The first-order valence-electron chi connectivity index (χ1n) is 5.13. The minimum Gasteiger partial charge on any atom is -0.493 e. The van der Waals surface area contributed by atoms with E-state index in [1.807, 2.05) is 0 Å². The summed E-state index contributed by atoms with van der Waals surface area (Å²) >= 11 is 0. The number of hydrogen-bond donors (Lipinski definition) is 0. The van der Waals surface area contributed by atoms with Crippen molar-refractivity contribution in [2.24, 2.45) is 0 Å². The number of aromatic nitrogens is 1. The topological polar surface area (TPSA) is 68.7 Å². The third-order valence-corrected chi connectivity index (χ3v) is 2.20. The molecule has 0 spiro atoms. The van der Waals surface area contributed by atoms with E-state index >= 15 is 0 Å². The maximum absolute atomic E-state index is 11.5. The molecule has 0 bridgehead atoms. The summed E-state index contributed by atoms with van der Waals surface area (Å²) in [6.07, 6.45) is 1.54. The van der Waals surface area contributed by atoms with E-state index in [0.29, 0.717) is 5.59 Å². The predicted octanol–water partition coefficient (Wildman–Crippen LogP) is -1.19. The molecule has 0 amide bonds. The Morgan fingerprint density at radius 2 is 1.88 bits per heavy atom. The van der Waals surface area contributed by atoms with Gasteiger partial charge in [-0.15, -0.1) is 0 Å². The number of likely N-dealkylation sites (N-methyl/N-ethyl adjacent to an activating group) is 1. The average molecular weight is 234 g/mol. The Morgan fingerprint density at radius 1 is 1.24 bits per heavy atom. The Morgan fingerprint density at radius 3 is 2.41 bits per heavy atom. The first-order chi connectivity index (χ1) is 8.15. The molecule has 88 valence electrons. The normalized spacial score (nSPS) is 18.1. The van der Waals surface area contributed by atoms with Crippen molar-refractivity contribution in [3.63, 3.8) is 0 Å². The van der Waals surface area contributed by atoms with E-state index < -0.39 is 19.1 Å². The second kappa shape index (κ2) is 4.96. The van der Waals surface area contributed by atoms with Gasteiger partial charge in [0.1, 0.15) is 5.59 Å². The van der Waals surface area contributed by atoms with Crippen LogP contribution in [0.2, 0.25) is 0 Å². The van der Waals surface area contributed by atoms with Crippen molar-refractivity contribution >= 4 is 24.7 Å². The highest BCUT2D eigenvalue weighted by molar-refractivity contribution is 6.63. The summed E-state index contributed by atoms with van der Waals surface area (Å²) in [5.74, 6) is -0.897. The molecule has 1 fully saturated rings. The molecule has 2 rings (SSSR count). The van der Waals surface area contributed by atoms with Crippen molar-refractivity contribution in [2.45, 2.75) is 0 Å². The van der Waals surface area contributed by atoms with Crippen LogP contribution in [-0.4, -0.2) is 49.1 Å². The summed E-state index contributed by atoms with van der Waals surface area (Å²) in [6, 6.07) is 5.09. The molecule has 0 aromatic carbocycles. The highest BCUT2D eigenvalue weighted by Crippen LogP contribution is 1.99. The van der Waals surface area contributed by atoms with E-state index in [2.05, 4.69) is 4.98 Å². The molecular weight excluding hydrogens is 223 g/mol. The van der Waals surface area contributed by atoms with Gasteiger partial charge in [-0.25, -0.2) is 0 Å². The lowest BCUT2D eigenvalue weighted by Gasteiger charge is -2.22.